The Morgan fingerprint density at radius 3 is 2.00 bits per heavy atom. The van der Waals surface area contributed by atoms with Crippen molar-refractivity contribution in [1.29, 1.82) is 0 Å². The third kappa shape index (κ3) is 7.17. The Hall–Kier alpha value is -0.830. The Balaban J connectivity index is 0.000000162. The molecule has 0 unspecified atom stereocenters. The molecule has 3 nitrogen and oxygen atoms in total. The number of hydrogen-bond acceptors (Lipinski definition) is 2. The second-order valence-electron chi connectivity index (χ2n) is 2.00. The summed E-state index contributed by atoms with van der Waals surface area (Å²) in [5.41, 5.74) is 4.57. The quantitative estimate of drug-likeness (QED) is 0.532. The summed E-state index contributed by atoms with van der Waals surface area (Å²) in [4.78, 5) is 9.24. The molecule has 0 aliphatic heterocycles. The third-order valence-corrected chi connectivity index (χ3v) is 1.08. The van der Waals surface area contributed by atoms with E-state index in [9.17, 15) is 4.79 Å². The number of allylic oxidation sites excluding steroid dienone is 2. The summed E-state index contributed by atoms with van der Waals surface area (Å²) in [6, 6.07) is 0. The number of hydrogen-bond donors (Lipinski definition) is 2. The fourth-order valence-electron chi connectivity index (χ4n) is 0.589. The van der Waals surface area contributed by atoms with Crippen molar-refractivity contribution < 1.29 is 9.90 Å². The van der Waals surface area contributed by atoms with Crippen LogP contribution >= 0.6 is 0 Å². The highest BCUT2D eigenvalue weighted by molar-refractivity contribution is 5.68. The number of carboxylic acid groups (broad SMARTS) is 1. The summed E-state index contributed by atoms with van der Waals surface area (Å²) in [6.07, 6.45) is 8.50. The minimum absolute atomic E-state index is 0.278. The molecule has 1 rings (SSSR count). The van der Waals surface area contributed by atoms with Gasteiger partial charge in [0.05, 0.1) is 6.54 Å². The van der Waals surface area contributed by atoms with Crippen molar-refractivity contribution in [2.75, 3.05) is 6.54 Å². The molecule has 3 heteroatoms. The predicted octanol–water partition coefficient (Wildman–Crippen LogP) is 0.756. The monoisotopic (exact) mass is 143 g/mol. The summed E-state index contributed by atoms with van der Waals surface area (Å²) >= 11 is 0. The van der Waals surface area contributed by atoms with Crippen LogP contribution in [0.3, 0.4) is 0 Å². The van der Waals surface area contributed by atoms with E-state index in [4.69, 9.17) is 5.11 Å². The van der Waals surface area contributed by atoms with Gasteiger partial charge in [0.15, 0.2) is 0 Å². The van der Waals surface area contributed by atoms with Crippen LogP contribution in [0.5, 0.6) is 0 Å². The van der Waals surface area contributed by atoms with Gasteiger partial charge in [0, 0.05) is 0 Å². The molecule has 0 spiro atoms. The highest BCUT2D eigenvalue weighted by atomic mass is 16.4. The zero-order chi connectivity index (χ0) is 7.82. The average Bonchev–Trinajstić information content (AvgIpc) is 2.43. The van der Waals surface area contributed by atoms with Crippen LogP contribution < -0.4 is 5.73 Å². The number of nitrogens with two attached hydrogens (primary N) is 1. The van der Waals surface area contributed by atoms with E-state index in [0.717, 1.165) is 0 Å². The maximum atomic E-state index is 9.24. The van der Waals surface area contributed by atoms with Crippen molar-refractivity contribution in [3.63, 3.8) is 0 Å². The number of rotatable bonds is 1. The molecule has 0 atom stereocenters. The van der Waals surface area contributed by atoms with Crippen LogP contribution in [0.4, 0.5) is 0 Å². The lowest BCUT2D eigenvalue weighted by Gasteiger charge is -1.73. The van der Waals surface area contributed by atoms with E-state index in [1.807, 2.05) is 0 Å². The smallest absolute Gasteiger partial charge is 0.317 e. The van der Waals surface area contributed by atoms with Gasteiger partial charge in [-0.05, 0) is 19.3 Å². The van der Waals surface area contributed by atoms with E-state index in [2.05, 4.69) is 17.9 Å². The Labute approximate surface area is 60.5 Å². The molecule has 0 aromatic rings. The molecular formula is C7H13NO2. The first-order valence-electron chi connectivity index (χ1n) is 3.34. The molecule has 0 fully saturated rings. The topological polar surface area (TPSA) is 63.3 Å². The molecule has 1 aliphatic carbocycles. The van der Waals surface area contributed by atoms with Crippen molar-refractivity contribution in [3.8, 4) is 0 Å². The van der Waals surface area contributed by atoms with Gasteiger partial charge in [-0.3, -0.25) is 4.79 Å². The summed E-state index contributed by atoms with van der Waals surface area (Å²) in [7, 11) is 0. The van der Waals surface area contributed by atoms with Crippen LogP contribution in [0.25, 0.3) is 0 Å². The minimum Gasteiger partial charge on any atom is -0.480 e. The number of carboxylic acids is 1. The van der Waals surface area contributed by atoms with Gasteiger partial charge < -0.3 is 10.8 Å². The average molecular weight is 143 g/mol. The largest absolute Gasteiger partial charge is 0.480 e. The summed E-state index contributed by atoms with van der Waals surface area (Å²) < 4.78 is 0. The van der Waals surface area contributed by atoms with Gasteiger partial charge in [-0.15, -0.1) is 0 Å². The van der Waals surface area contributed by atoms with Crippen LogP contribution in [0, 0.1) is 0 Å². The molecule has 10 heavy (non-hydrogen) atoms. The van der Waals surface area contributed by atoms with Gasteiger partial charge in [0.25, 0.3) is 0 Å². The first-order chi connectivity index (χ1) is 4.77. The molecule has 0 heterocycles. The Morgan fingerprint density at radius 1 is 1.50 bits per heavy atom. The highest BCUT2D eigenvalue weighted by Gasteiger charge is 1.84. The van der Waals surface area contributed by atoms with Crippen LogP contribution in [-0.2, 0) is 4.79 Å². The molecule has 0 saturated carbocycles. The second kappa shape index (κ2) is 6.29. The first kappa shape index (κ1) is 9.17. The molecular weight excluding hydrogens is 130 g/mol. The van der Waals surface area contributed by atoms with Crippen LogP contribution in [-0.4, -0.2) is 17.6 Å². The van der Waals surface area contributed by atoms with Gasteiger partial charge in [-0.25, -0.2) is 0 Å². The van der Waals surface area contributed by atoms with E-state index in [1.54, 1.807) is 0 Å². The molecule has 1 aliphatic rings. The Kier molecular flexibility index (Phi) is 5.77. The lowest BCUT2D eigenvalue weighted by Crippen LogP contribution is -2.10. The van der Waals surface area contributed by atoms with Crippen LogP contribution in [0.2, 0.25) is 0 Å². The van der Waals surface area contributed by atoms with E-state index in [1.165, 1.54) is 19.3 Å². The van der Waals surface area contributed by atoms with Gasteiger partial charge >= 0.3 is 5.97 Å². The highest BCUT2D eigenvalue weighted by Crippen LogP contribution is 2.05. The van der Waals surface area contributed by atoms with E-state index >= 15 is 0 Å². The van der Waals surface area contributed by atoms with Crippen molar-refractivity contribution in [1.82, 2.24) is 0 Å². The van der Waals surface area contributed by atoms with Gasteiger partial charge in [-0.1, -0.05) is 12.2 Å². The third-order valence-electron chi connectivity index (χ3n) is 1.08. The van der Waals surface area contributed by atoms with Crippen molar-refractivity contribution >= 4 is 5.97 Å². The second-order valence-corrected chi connectivity index (χ2v) is 2.00. The van der Waals surface area contributed by atoms with Crippen LogP contribution in [0.15, 0.2) is 12.2 Å². The maximum absolute atomic E-state index is 9.24. The molecule has 3 N–H and O–H groups in total. The Bertz CT molecular complexity index is 115. The zero-order valence-electron chi connectivity index (χ0n) is 5.92. The molecule has 0 aromatic carbocycles. The van der Waals surface area contributed by atoms with E-state index in [0.29, 0.717) is 0 Å². The summed E-state index contributed by atoms with van der Waals surface area (Å²) in [6.45, 7) is -0.278. The van der Waals surface area contributed by atoms with Crippen molar-refractivity contribution in [2.24, 2.45) is 5.73 Å². The molecule has 0 bridgehead atoms. The fraction of sp³-hybridized carbons (Fsp3) is 0.571. The normalized spacial score (nSPS) is 14.1. The maximum Gasteiger partial charge on any atom is 0.317 e. The van der Waals surface area contributed by atoms with Crippen LogP contribution in [0.1, 0.15) is 19.3 Å². The molecule has 0 saturated heterocycles. The van der Waals surface area contributed by atoms with E-state index in [-0.39, 0.29) is 6.54 Å². The fourth-order valence-corrected chi connectivity index (χ4v) is 0.589. The van der Waals surface area contributed by atoms with E-state index < -0.39 is 5.97 Å². The number of carbonyl (C=O) groups is 1. The minimum atomic E-state index is -0.968. The standard InChI is InChI=1S/C5H8.C2H5NO2/c1-2-4-5-3-1;3-1-2(4)5/h1-2H,3-5H2;1,3H2,(H,4,5). The lowest BCUT2D eigenvalue weighted by molar-refractivity contribution is -0.135. The molecule has 0 radical (unpaired) electrons. The molecule has 0 amide bonds. The Morgan fingerprint density at radius 2 is 1.90 bits per heavy atom. The summed E-state index contributed by atoms with van der Waals surface area (Å²) in [5.74, 6) is -0.968. The van der Waals surface area contributed by atoms with Gasteiger partial charge in [0.1, 0.15) is 0 Å². The predicted molar refractivity (Wildman–Crippen MR) is 39.7 cm³/mol. The summed E-state index contributed by atoms with van der Waals surface area (Å²) in [5, 5.41) is 7.60. The van der Waals surface area contributed by atoms with Crippen molar-refractivity contribution in [3.05, 3.63) is 12.2 Å². The van der Waals surface area contributed by atoms with Crippen molar-refractivity contribution in [2.45, 2.75) is 19.3 Å². The lowest BCUT2D eigenvalue weighted by atomic mass is 10.4. The molecule has 0 aromatic heterocycles. The number of aliphatic carboxylic acids is 1. The van der Waals surface area contributed by atoms with Gasteiger partial charge in [-0.2, -0.15) is 0 Å². The molecule has 58 valence electrons. The first-order valence-corrected chi connectivity index (χ1v) is 3.34. The van der Waals surface area contributed by atoms with Gasteiger partial charge in [0.2, 0.25) is 0 Å². The SMILES string of the molecule is C1=CCCC1.NCC(=O)O. The zero-order valence-corrected chi connectivity index (χ0v) is 5.92.